The second-order valence-corrected chi connectivity index (χ2v) is 4.16. The summed E-state index contributed by atoms with van der Waals surface area (Å²) in [7, 11) is 3.21. The van der Waals surface area contributed by atoms with E-state index in [4.69, 9.17) is 21.1 Å². The second kappa shape index (κ2) is 6.72. The van der Waals surface area contributed by atoms with Gasteiger partial charge in [0.1, 0.15) is 0 Å². The Bertz CT molecular complexity index is 369. The van der Waals surface area contributed by atoms with Gasteiger partial charge in [0.15, 0.2) is 11.5 Å². The summed E-state index contributed by atoms with van der Waals surface area (Å²) in [4.78, 5) is 0. The summed E-state index contributed by atoms with van der Waals surface area (Å²) in [6.07, 6.45) is 1.000. The van der Waals surface area contributed by atoms with Crippen molar-refractivity contribution in [1.29, 1.82) is 0 Å². The van der Waals surface area contributed by atoms with Crippen molar-refractivity contribution in [3.63, 3.8) is 0 Å². The van der Waals surface area contributed by atoms with Crippen molar-refractivity contribution in [2.24, 2.45) is 0 Å². The summed E-state index contributed by atoms with van der Waals surface area (Å²) in [6, 6.07) is 4.19. The van der Waals surface area contributed by atoms with E-state index >= 15 is 0 Å². The fourth-order valence-electron chi connectivity index (χ4n) is 1.88. The minimum atomic E-state index is 0.289. The van der Waals surface area contributed by atoms with Gasteiger partial charge in [-0.3, -0.25) is 0 Å². The molecule has 1 atom stereocenters. The number of halogens is 1. The zero-order valence-electron chi connectivity index (χ0n) is 10.8. The Morgan fingerprint density at radius 1 is 1.24 bits per heavy atom. The molecule has 0 radical (unpaired) electrons. The van der Waals surface area contributed by atoms with E-state index in [2.05, 4.69) is 19.2 Å². The van der Waals surface area contributed by atoms with Gasteiger partial charge in [0.25, 0.3) is 0 Å². The molecule has 17 heavy (non-hydrogen) atoms. The fourth-order valence-corrected chi connectivity index (χ4v) is 2.18. The molecule has 0 aliphatic rings. The molecule has 1 rings (SSSR count). The van der Waals surface area contributed by atoms with E-state index in [1.165, 1.54) is 0 Å². The third-order valence-corrected chi connectivity index (χ3v) is 3.00. The van der Waals surface area contributed by atoms with Gasteiger partial charge in [-0.05, 0) is 30.7 Å². The van der Waals surface area contributed by atoms with E-state index in [1.54, 1.807) is 14.2 Å². The Morgan fingerprint density at radius 3 is 2.41 bits per heavy atom. The van der Waals surface area contributed by atoms with E-state index in [1.807, 2.05) is 12.1 Å². The van der Waals surface area contributed by atoms with Crippen LogP contribution >= 0.6 is 11.6 Å². The zero-order valence-corrected chi connectivity index (χ0v) is 11.6. The smallest absolute Gasteiger partial charge is 0.179 e. The standard InChI is InChI=1S/C13H20ClNO2/c1-5-11(15-6-2)9-7-10(14)13(17-4)12(8-9)16-3/h7-8,11,15H,5-6H2,1-4H3. The molecular weight excluding hydrogens is 238 g/mol. The molecule has 1 N–H and O–H groups in total. The summed E-state index contributed by atoms with van der Waals surface area (Å²) in [5, 5.41) is 3.99. The predicted molar refractivity (Wildman–Crippen MR) is 71.3 cm³/mol. The average Bonchev–Trinajstić information content (AvgIpc) is 2.34. The molecule has 1 aromatic carbocycles. The lowest BCUT2D eigenvalue weighted by atomic mass is 10.0. The Balaban J connectivity index is 3.13. The molecule has 0 saturated heterocycles. The lowest BCUT2D eigenvalue weighted by Gasteiger charge is -2.19. The Labute approximate surface area is 108 Å². The number of rotatable bonds is 6. The molecule has 0 aliphatic heterocycles. The second-order valence-electron chi connectivity index (χ2n) is 3.76. The summed E-state index contributed by atoms with van der Waals surface area (Å²) >= 11 is 6.18. The molecular formula is C13H20ClNO2. The van der Waals surface area contributed by atoms with Crippen LogP contribution < -0.4 is 14.8 Å². The van der Waals surface area contributed by atoms with Gasteiger partial charge in [0, 0.05) is 6.04 Å². The van der Waals surface area contributed by atoms with Crippen LogP contribution in [0.15, 0.2) is 12.1 Å². The summed E-state index contributed by atoms with van der Waals surface area (Å²) < 4.78 is 10.5. The highest BCUT2D eigenvalue weighted by molar-refractivity contribution is 6.32. The SMILES string of the molecule is CCNC(CC)c1cc(Cl)c(OC)c(OC)c1. The van der Waals surface area contributed by atoms with E-state index in [0.717, 1.165) is 18.5 Å². The molecule has 0 heterocycles. The monoisotopic (exact) mass is 257 g/mol. The summed E-state index contributed by atoms with van der Waals surface area (Å²) in [5.74, 6) is 1.26. The third kappa shape index (κ3) is 3.27. The van der Waals surface area contributed by atoms with Gasteiger partial charge in [-0.2, -0.15) is 0 Å². The van der Waals surface area contributed by atoms with Crippen LogP contribution in [0.25, 0.3) is 0 Å². The van der Waals surface area contributed by atoms with Crippen molar-refractivity contribution >= 4 is 11.6 Å². The lowest BCUT2D eigenvalue weighted by Crippen LogP contribution is -2.20. The Morgan fingerprint density at radius 2 is 1.94 bits per heavy atom. The molecule has 1 unspecified atom stereocenters. The van der Waals surface area contributed by atoms with Crippen molar-refractivity contribution in [3.8, 4) is 11.5 Å². The molecule has 0 bridgehead atoms. The van der Waals surface area contributed by atoms with Crippen LogP contribution in [0.3, 0.4) is 0 Å². The van der Waals surface area contributed by atoms with E-state index < -0.39 is 0 Å². The molecule has 0 amide bonds. The van der Waals surface area contributed by atoms with E-state index in [9.17, 15) is 0 Å². The first-order chi connectivity index (χ1) is 8.17. The van der Waals surface area contributed by atoms with Gasteiger partial charge >= 0.3 is 0 Å². The third-order valence-electron chi connectivity index (χ3n) is 2.72. The van der Waals surface area contributed by atoms with Crippen LogP contribution in [0, 0.1) is 0 Å². The van der Waals surface area contributed by atoms with Crippen LogP contribution in [0.4, 0.5) is 0 Å². The van der Waals surface area contributed by atoms with Gasteiger partial charge < -0.3 is 14.8 Å². The minimum Gasteiger partial charge on any atom is -0.493 e. The normalized spacial score (nSPS) is 12.3. The Hall–Kier alpha value is -0.930. The first kappa shape index (κ1) is 14.1. The summed E-state index contributed by atoms with van der Waals surface area (Å²) in [5.41, 5.74) is 1.12. The van der Waals surface area contributed by atoms with Gasteiger partial charge in [-0.1, -0.05) is 25.4 Å². The number of ether oxygens (including phenoxy) is 2. The molecule has 0 aromatic heterocycles. The number of benzene rings is 1. The van der Waals surface area contributed by atoms with Gasteiger partial charge in [0.2, 0.25) is 0 Å². The van der Waals surface area contributed by atoms with Crippen molar-refractivity contribution in [3.05, 3.63) is 22.7 Å². The highest BCUT2D eigenvalue weighted by Crippen LogP contribution is 2.38. The fraction of sp³-hybridized carbons (Fsp3) is 0.538. The first-order valence-electron chi connectivity index (χ1n) is 5.82. The largest absolute Gasteiger partial charge is 0.493 e. The molecule has 0 aliphatic carbocycles. The van der Waals surface area contributed by atoms with Crippen LogP contribution in [-0.4, -0.2) is 20.8 Å². The van der Waals surface area contributed by atoms with Crippen LogP contribution in [0.5, 0.6) is 11.5 Å². The van der Waals surface area contributed by atoms with E-state index in [-0.39, 0.29) is 6.04 Å². The van der Waals surface area contributed by atoms with Crippen LogP contribution in [-0.2, 0) is 0 Å². The van der Waals surface area contributed by atoms with E-state index in [0.29, 0.717) is 16.5 Å². The molecule has 0 fully saturated rings. The number of hydrogen-bond acceptors (Lipinski definition) is 3. The highest BCUT2D eigenvalue weighted by atomic mass is 35.5. The van der Waals surface area contributed by atoms with Gasteiger partial charge in [-0.25, -0.2) is 0 Å². The van der Waals surface area contributed by atoms with Crippen LogP contribution in [0.1, 0.15) is 31.9 Å². The lowest BCUT2D eigenvalue weighted by molar-refractivity contribution is 0.354. The van der Waals surface area contributed by atoms with Gasteiger partial charge in [0.05, 0.1) is 19.2 Å². The number of nitrogens with one attached hydrogen (secondary N) is 1. The molecule has 1 aromatic rings. The molecule has 96 valence electrons. The number of methoxy groups -OCH3 is 2. The van der Waals surface area contributed by atoms with Crippen molar-refractivity contribution in [1.82, 2.24) is 5.32 Å². The zero-order chi connectivity index (χ0) is 12.8. The topological polar surface area (TPSA) is 30.5 Å². The maximum atomic E-state index is 6.18. The molecule has 3 nitrogen and oxygen atoms in total. The molecule has 0 spiro atoms. The Kier molecular flexibility index (Phi) is 5.59. The van der Waals surface area contributed by atoms with Crippen molar-refractivity contribution < 1.29 is 9.47 Å². The maximum Gasteiger partial charge on any atom is 0.179 e. The summed E-state index contributed by atoms with van der Waals surface area (Å²) in [6.45, 7) is 5.15. The highest BCUT2D eigenvalue weighted by Gasteiger charge is 2.15. The molecule has 4 heteroatoms. The molecule has 0 saturated carbocycles. The quantitative estimate of drug-likeness (QED) is 0.847. The minimum absolute atomic E-state index is 0.289. The van der Waals surface area contributed by atoms with Gasteiger partial charge in [-0.15, -0.1) is 0 Å². The predicted octanol–water partition coefficient (Wildman–Crippen LogP) is 3.42. The maximum absolute atomic E-state index is 6.18. The van der Waals surface area contributed by atoms with Crippen LogP contribution in [0.2, 0.25) is 5.02 Å². The van der Waals surface area contributed by atoms with Crippen molar-refractivity contribution in [2.75, 3.05) is 20.8 Å². The van der Waals surface area contributed by atoms with Crippen molar-refractivity contribution in [2.45, 2.75) is 26.3 Å². The average molecular weight is 258 g/mol. The first-order valence-corrected chi connectivity index (χ1v) is 6.20. The number of hydrogen-bond donors (Lipinski definition) is 1.